The molecule has 0 atom stereocenters. The van der Waals surface area contributed by atoms with E-state index in [-0.39, 0.29) is 0 Å². The minimum absolute atomic E-state index is 0.634. The third-order valence-corrected chi connectivity index (χ3v) is 6.44. The summed E-state index contributed by atoms with van der Waals surface area (Å²) >= 11 is 0. The summed E-state index contributed by atoms with van der Waals surface area (Å²) in [4.78, 5) is 0. The average Bonchev–Trinajstić information content (AvgIpc) is 2.49. The van der Waals surface area contributed by atoms with Gasteiger partial charge in [-0.3, -0.25) is 0 Å². The highest BCUT2D eigenvalue weighted by Gasteiger charge is 2.33. The smallest absolute Gasteiger partial charge is 0.281 e. The lowest BCUT2D eigenvalue weighted by molar-refractivity contribution is 0.241. The van der Waals surface area contributed by atoms with E-state index in [9.17, 15) is 8.42 Å². The maximum absolute atomic E-state index is 12.5. The molecule has 0 bridgehead atoms. The number of hydrogen-bond donors (Lipinski definition) is 1. The highest BCUT2D eigenvalue weighted by atomic mass is 32.2. The third kappa shape index (κ3) is 4.16. The molecule has 2 fully saturated rings. The van der Waals surface area contributed by atoms with E-state index in [0.717, 1.165) is 51.6 Å². The Morgan fingerprint density at radius 2 is 1.60 bits per heavy atom. The molecule has 1 N–H and O–H groups in total. The van der Waals surface area contributed by atoms with E-state index in [1.165, 1.54) is 0 Å². The monoisotopic (exact) mass is 303 g/mol. The first kappa shape index (κ1) is 16.2. The second-order valence-electron chi connectivity index (χ2n) is 6.01. The number of nitrogens with zero attached hydrogens (tertiary/aromatic N) is 2. The van der Waals surface area contributed by atoms with Gasteiger partial charge in [0.05, 0.1) is 0 Å². The van der Waals surface area contributed by atoms with Crippen molar-refractivity contribution in [2.45, 2.75) is 45.4 Å². The van der Waals surface area contributed by atoms with Crippen LogP contribution in [0.2, 0.25) is 0 Å². The van der Waals surface area contributed by atoms with Crippen molar-refractivity contribution in [3.05, 3.63) is 0 Å². The second kappa shape index (κ2) is 7.73. The largest absolute Gasteiger partial charge is 0.316 e. The van der Waals surface area contributed by atoms with Gasteiger partial charge in [0, 0.05) is 26.2 Å². The maximum atomic E-state index is 12.5. The van der Waals surface area contributed by atoms with E-state index in [4.69, 9.17) is 0 Å². The Labute approximate surface area is 123 Å². The fourth-order valence-electron chi connectivity index (χ4n) is 3.09. The summed E-state index contributed by atoms with van der Waals surface area (Å²) < 4.78 is 28.5. The van der Waals surface area contributed by atoms with Crippen LogP contribution in [0.1, 0.15) is 45.4 Å². The minimum Gasteiger partial charge on any atom is -0.316 e. The van der Waals surface area contributed by atoms with Crippen LogP contribution in [-0.4, -0.2) is 56.3 Å². The van der Waals surface area contributed by atoms with Gasteiger partial charge in [-0.05, 0) is 51.1 Å². The fourth-order valence-corrected chi connectivity index (χ4v) is 4.80. The van der Waals surface area contributed by atoms with Crippen LogP contribution in [0.25, 0.3) is 0 Å². The van der Waals surface area contributed by atoms with Crippen molar-refractivity contribution in [1.29, 1.82) is 0 Å². The van der Waals surface area contributed by atoms with Gasteiger partial charge in [-0.15, -0.1) is 0 Å². The van der Waals surface area contributed by atoms with E-state index >= 15 is 0 Å². The molecule has 0 radical (unpaired) electrons. The fraction of sp³-hybridized carbons (Fsp3) is 1.00. The number of hydrogen-bond acceptors (Lipinski definition) is 3. The Morgan fingerprint density at radius 3 is 2.20 bits per heavy atom. The zero-order chi connectivity index (χ0) is 14.4. The molecule has 0 amide bonds. The zero-order valence-electron chi connectivity index (χ0n) is 12.7. The lowest BCUT2D eigenvalue weighted by Crippen LogP contribution is -2.49. The van der Waals surface area contributed by atoms with Gasteiger partial charge in [-0.2, -0.15) is 17.0 Å². The molecule has 0 aromatic heterocycles. The molecule has 0 saturated carbocycles. The number of piperidine rings is 2. The SMILES string of the molecule is CCCNCC1CCN(S(=O)(=O)N2CCCCC2)CC1. The Balaban J connectivity index is 1.80. The van der Waals surface area contributed by atoms with E-state index in [1.54, 1.807) is 8.61 Å². The Hall–Kier alpha value is -0.170. The summed E-state index contributed by atoms with van der Waals surface area (Å²) in [5.74, 6) is 0.634. The molecule has 0 aromatic carbocycles. The van der Waals surface area contributed by atoms with Crippen molar-refractivity contribution in [1.82, 2.24) is 13.9 Å². The zero-order valence-corrected chi connectivity index (χ0v) is 13.5. The summed E-state index contributed by atoms with van der Waals surface area (Å²) in [5, 5.41) is 3.44. The van der Waals surface area contributed by atoms with Gasteiger partial charge < -0.3 is 5.32 Å². The Bertz CT molecular complexity index is 372. The van der Waals surface area contributed by atoms with Crippen LogP contribution in [0.4, 0.5) is 0 Å². The molecular formula is C14H29N3O2S. The van der Waals surface area contributed by atoms with E-state index in [0.29, 0.717) is 32.1 Å². The first-order chi connectivity index (χ1) is 9.64. The predicted molar refractivity (Wildman–Crippen MR) is 81.8 cm³/mol. The van der Waals surface area contributed by atoms with Crippen LogP contribution in [-0.2, 0) is 10.2 Å². The summed E-state index contributed by atoms with van der Waals surface area (Å²) in [6, 6.07) is 0. The van der Waals surface area contributed by atoms with Crippen LogP contribution < -0.4 is 5.32 Å². The van der Waals surface area contributed by atoms with Crippen molar-refractivity contribution in [3.63, 3.8) is 0 Å². The van der Waals surface area contributed by atoms with Gasteiger partial charge in [0.15, 0.2) is 0 Å². The second-order valence-corrected chi connectivity index (χ2v) is 7.94. The van der Waals surface area contributed by atoms with Crippen LogP contribution in [0, 0.1) is 5.92 Å². The van der Waals surface area contributed by atoms with Gasteiger partial charge in [0.2, 0.25) is 0 Å². The van der Waals surface area contributed by atoms with Gasteiger partial charge >= 0.3 is 0 Å². The number of nitrogens with one attached hydrogen (secondary N) is 1. The molecule has 20 heavy (non-hydrogen) atoms. The molecule has 118 valence electrons. The van der Waals surface area contributed by atoms with Crippen molar-refractivity contribution in [3.8, 4) is 0 Å². The topological polar surface area (TPSA) is 52.7 Å². The number of rotatable bonds is 6. The van der Waals surface area contributed by atoms with E-state index in [1.807, 2.05) is 0 Å². The Kier molecular flexibility index (Phi) is 6.26. The molecule has 2 aliphatic heterocycles. The highest BCUT2D eigenvalue weighted by Crippen LogP contribution is 2.23. The average molecular weight is 303 g/mol. The van der Waals surface area contributed by atoms with Gasteiger partial charge in [-0.25, -0.2) is 0 Å². The molecule has 0 aliphatic carbocycles. The first-order valence-electron chi connectivity index (χ1n) is 8.10. The van der Waals surface area contributed by atoms with Gasteiger partial charge in [-0.1, -0.05) is 13.3 Å². The maximum Gasteiger partial charge on any atom is 0.281 e. The van der Waals surface area contributed by atoms with E-state index < -0.39 is 10.2 Å². The molecular weight excluding hydrogens is 274 g/mol. The Morgan fingerprint density at radius 1 is 1.00 bits per heavy atom. The first-order valence-corrected chi connectivity index (χ1v) is 9.50. The van der Waals surface area contributed by atoms with Crippen LogP contribution in [0.3, 0.4) is 0 Å². The molecule has 0 aromatic rings. The summed E-state index contributed by atoms with van der Waals surface area (Å²) in [6.45, 7) is 7.06. The highest BCUT2D eigenvalue weighted by molar-refractivity contribution is 7.86. The standard InChI is InChI=1S/C14H29N3O2S/c1-2-8-15-13-14-6-11-17(12-7-14)20(18,19)16-9-4-3-5-10-16/h14-15H,2-13H2,1H3. The van der Waals surface area contributed by atoms with Crippen molar-refractivity contribution >= 4 is 10.2 Å². The molecule has 2 rings (SSSR count). The summed E-state index contributed by atoms with van der Waals surface area (Å²) in [5.41, 5.74) is 0. The summed E-state index contributed by atoms with van der Waals surface area (Å²) in [7, 11) is -3.19. The summed E-state index contributed by atoms with van der Waals surface area (Å²) in [6.07, 6.45) is 6.32. The van der Waals surface area contributed by atoms with Crippen LogP contribution >= 0.6 is 0 Å². The van der Waals surface area contributed by atoms with E-state index in [2.05, 4.69) is 12.2 Å². The molecule has 2 heterocycles. The van der Waals surface area contributed by atoms with Crippen LogP contribution in [0.5, 0.6) is 0 Å². The molecule has 6 heteroatoms. The lowest BCUT2D eigenvalue weighted by Gasteiger charge is -2.36. The lowest BCUT2D eigenvalue weighted by atomic mass is 9.98. The minimum atomic E-state index is -3.19. The molecule has 0 unspecified atom stereocenters. The molecule has 5 nitrogen and oxygen atoms in total. The third-order valence-electron chi connectivity index (χ3n) is 4.40. The van der Waals surface area contributed by atoms with Gasteiger partial charge in [0.25, 0.3) is 10.2 Å². The predicted octanol–water partition coefficient (Wildman–Crippen LogP) is 1.43. The van der Waals surface area contributed by atoms with Crippen molar-refractivity contribution in [2.24, 2.45) is 5.92 Å². The molecule has 2 saturated heterocycles. The quantitative estimate of drug-likeness (QED) is 0.755. The molecule has 0 spiro atoms. The van der Waals surface area contributed by atoms with Crippen LogP contribution in [0.15, 0.2) is 0 Å². The van der Waals surface area contributed by atoms with Gasteiger partial charge in [0.1, 0.15) is 0 Å². The van der Waals surface area contributed by atoms with Crippen molar-refractivity contribution in [2.75, 3.05) is 39.3 Å². The molecule has 2 aliphatic rings. The normalized spacial score (nSPS) is 24.1. The van der Waals surface area contributed by atoms with Crippen molar-refractivity contribution < 1.29 is 8.42 Å².